The highest BCUT2D eigenvalue weighted by molar-refractivity contribution is 6.30. The zero-order chi connectivity index (χ0) is 11.1. The summed E-state index contributed by atoms with van der Waals surface area (Å²) in [6.45, 7) is 1.82. The van der Waals surface area contributed by atoms with E-state index in [1.807, 2.05) is 6.92 Å². The van der Waals surface area contributed by atoms with Crippen LogP contribution in [0, 0.1) is 11.2 Å². The van der Waals surface area contributed by atoms with Gasteiger partial charge in [-0.1, -0.05) is 17.7 Å². The summed E-state index contributed by atoms with van der Waals surface area (Å²) in [4.78, 5) is 0. The van der Waals surface area contributed by atoms with Gasteiger partial charge in [-0.3, -0.25) is 0 Å². The first-order valence-electron chi connectivity index (χ1n) is 5.15. The van der Waals surface area contributed by atoms with Gasteiger partial charge in [-0.15, -0.1) is 0 Å². The smallest absolute Gasteiger partial charge is 0.141 e. The predicted octanol–water partition coefficient (Wildman–Crippen LogP) is 3.18. The second-order valence-corrected chi connectivity index (χ2v) is 4.87. The molecule has 15 heavy (non-hydrogen) atoms. The van der Waals surface area contributed by atoms with Crippen molar-refractivity contribution in [2.45, 2.75) is 32.3 Å². The monoisotopic (exact) mass is 228 g/mol. The molecule has 0 amide bonds. The molecule has 82 valence electrons. The van der Waals surface area contributed by atoms with Gasteiger partial charge >= 0.3 is 0 Å². The summed E-state index contributed by atoms with van der Waals surface area (Å²) in [5.41, 5.74) is 1.01. The van der Waals surface area contributed by atoms with E-state index < -0.39 is 0 Å². The first kappa shape index (κ1) is 10.9. The summed E-state index contributed by atoms with van der Waals surface area (Å²) in [5.74, 6) is -0.387. The molecule has 0 heterocycles. The molecule has 1 aliphatic rings. The van der Waals surface area contributed by atoms with Crippen molar-refractivity contribution in [1.82, 2.24) is 0 Å². The SMILES string of the molecule is CC(O)C1(Cc2ccc(F)c(Cl)c2)CC1. The Hall–Kier alpha value is -0.600. The molecule has 1 atom stereocenters. The van der Waals surface area contributed by atoms with Crippen molar-refractivity contribution >= 4 is 11.6 Å². The minimum Gasteiger partial charge on any atom is -0.393 e. The molecule has 1 aromatic carbocycles. The van der Waals surface area contributed by atoms with Gasteiger partial charge in [0.25, 0.3) is 0 Å². The lowest BCUT2D eigenvalue weighted by atomic mass is 9.92. The van der Waals surface area contributed by atoms with Gasteiger partial charge in [0, 0.05) is 5.41 Å². The maximum Gasteiger partial charge on any atom is 0.141 e. The quantitative estimate of drug-likeness (QED) is 0.843. The summed E-state index contributed by atoms with van der Waals surface area (Å²) >= 11 is 5.71. The Kier molecular flexibility index (Phi) is 2.73. The summed E-state index contributed by atoms with van der Waals surface area (Å²) in [6.07, 6.45) is 2.56. The van der Waals surface area contributed by atoms with Crippen LogP contribution >= 0.6 is 11.6 Å². The number of hydrogen-bond donors (Lipinski definition) is 1. The minimum atomic E-state index is -0.387. The van der Waals surface area contributed by atoms with Crippen molar-refractivity contribution in [2.75, 3.05) is 0 Å². The molecule has 1 aromatic rings. The molecule has 0 radical (unpaired) electrons. The van der Waals surface area contributed by atoms with Crippen molar-refractivity contribution in [3.8, 4) is 0 Å². The maximum absolute atomic E-state index is 12.9. The Bertz CT molecular complexity index is 372. The van der Waals surface area contributed by atoms with E-state index in [2.05, 4.69) is 0 Å². The van der Waals surface area contributed by atoms with Crippen LogP contribution in [-0.2, 0) is 6.42 Å². The fraction of sp³-hybridized carbons (Fsp3) is 0.500. The zero-order valence-corrected chi connectivity index (χ0v) is 9.39. The molecule has 0 aromatic heterocycles. The average molecular weight is 229 g/mol. The number of hydrogen-bond acceptors (Lipinski definition) is 1. The van der Waals surface area contributed by atoms with Gasteiger partial charge in [0.05, 0.1) is 11.1 Å². The molecule has 1 fully saturated rings. The van der Waals surface area contributed by atoms with E-state index in [1.54, 1.807) is 12.1 Å². The Labute approximate surface area is 93.9 Å². The van der Waals surface area contributed by atoms with Crippen molar-refractivity contribution in [3.63, 3.8) is 0 Å². The van der Waals surface area contributed by atoms with Gasteiger partial charge in [0.15, 0.2) is 0 Å². The third-order valence-electron chi connectivity index (χ3n) is 3.32. The van der Waals surface area contributed by atoms with Crippen molar-refractivity contribution in [1.29, 1.82) is 0 Å². The lowest BCUT2D eigenvalue weighted by Crippen LogP contribution is -2.20. The van der Waals surface area contributed by atoms with E-state index in [-0.39, 0.29) is 22.4 Å². The fourth-order valence-corrected chi connectivity index (χ4v) is 2.16. The maximum atomic E-state index is 12.9. The molecule has 1 saturated carbocycles. The van der Waals surface area contributed by atoms with Crippen molar-refractivity contribution in [2.24, 2.45) is 5.41 Å². The average Bonchev–Trinajstić information content (AvgIpc) is 2.93. The number of rotatable bonds is 3. The molecule has 1 aliphatic carbocycles. The van der Waals surface area contributed by atoms with Crippen LogP contribution in [0.1, 0.15) is 25.3 Å². The van der Waals surface area contributed by atoms with Gasteiger partial charge in [0.2, 0.25) is 0 Å². The molecule has 0 spiro atoms. The van der Waals surface area contributed by atoms with Crippen LogP contribution in [0.4, 0.5) is 4.39 Å². The van der Waals surface area contributed by atoms with Gasteiger partial charge in [-0.25, -0.2) is 4.39 Å². The van der Waals surface area contributed by atoms with E-state index in [0.717, 1.165) is 24.8 Å². The molecule has 1 nitrogen and oxygen atoms in total. The fourth-order valence-electron chi connectivity index (χ4n) is 1.96. The van der Waals surface area contributed by atoms with Crippen LogP contribution in [0.15, 0.2) is 18.2 Å². The largest absolute Gasteiger partial charge is 0.393 e. The predicted molar refractivity (Wildman–Crippen MR) is 58.5 cm³/mol. The lowest BCUT2D eigenvalue weighted by Gasteiger charge is -2.18. The molecular weight excluding hydrogens is 215 g/mol. The minimum absolute atomic E-state index is 0.0150. The van der Waals surface area contributed by atoms with Gasteiger partial charge < -0.3 is 5.11 Å². The standard InChI is InChI=1S/C12H14ClFO/c1-8(15)12(4-5-12)7-9-2-3-11(14)10(13)6-9/h2-3,6,8,15H,4-5,7H2,1H3. The Morgan fingerprint density at radius 2 is 2.20 bits per heavy atom. The molecule has 1 unspecified atom stereocenters. The first-order chi connectivity index (χ1) is 7.03. The van der Waals surface area contributed by atoms with Gasteiger partial charge in [-0.05, 0) is 43.9 Å². The molecule has 1 N–H and O–H groups in total. The number of halogens is 2. The highest BCUT2D eigenvalue weighted by atomic mass is 35.5. The highest BCUT2D eigenvalue weighted by Crippen LogP contribution is 2.51. The number of benzene rings is 1. The third kappa shape index (κ3) is 2.16. The normalized spacial score (nSPS) is 20.0. The van der Waals surface area contributed by atoms with Crippen LogP contribution in [0.3, 0.4) is 0 Å². The topological polar surface area (TPSA) is 20.2 Å². The second-order valence-electron chi connectivity index (χ2n) is 4.46. The summed E-state index contributed by atoms with van der Waals surface area (Å²) in [6, 6.07) is 4.78. The van der Waals surface area contributed by atoms with Crippen LogP contribution in [-0.4, -0.2) is 11.2 Å². The van der Waals surface area contributed by atoms with Crippen molar-refractivity contribution < 1.29 is 9.50 Å². The third-order valence-corrected chi connectivity index (χ3v) is 3.61. The van der Waals surface area contributed by atoms with E-state index >= 15 is 0 Å². The molecule has 0 bridgehead atoms. The van der Waals surface area contributed by atoms with Crippen LogP contribution in [0.2, 0.25) is 5.02 Å². The van der Waals surface area contributed by atoms with Crippen molar-refractivity contribution in [3.05, 3.63) is 34.6 Å². The number of aliphatic hydroxyl groups excluding tert-OH is 1. The zero-order valence-electron chi connectivity index (χ0n) is 8.63. The van der Waals surface area contributed by atoms with E-state index in [9.17, 15) is 9.50 Å². The number of aliphatic hydroxyl groups is 1. The Balaban J connectivity index is 2.15. The van der Waals surface area contributed by atoms with E-state index in [4.69, 9.17) is 11.6 Å². The highest BCUT2D eigenvalue weighted by Gasteiger charge is 2.46. The first-order valence-corrected chi connectivity index (χ1v) is 5.53. The van der Waals surface area contributed by atoms with Crippen LogP contribution in [0.25, 0.3) is 0 Å². The summed E-state index contributed by atoms with van der Waals surface area (Å²) < 4.78 is 12.9. The van der Waals surface area contributed by atoms with Crippen LogP contribution < -0.4 is 0 Å². The Morgan fingerprint density at radius 3 is 2.67 bits per heavy atom. The van der Waals surface area contributed by atoms with Gasteiger partial charge in [0.1, 0.15) is 5.82 Å². The van der Waals surface area contributed by atoms with Gasteiger partial charge in [-0.2, -0.15) is 0 Å². The summed E-state index contributed by atoms with van der Waals surface area (Å²) in [7, 11) is 0. The summed E-state index contributed by atoms with van der Waals surface area (Å²) in [5, 5.41) is 9.78. The second kappa shape index (κ2) is 3.76. The van der Waals surface area contributed by atoms with E-state index in [1.165, 1.54) is 6.07 Å². The lowest BCUT2D eigenvalue weighted by molar-refractivity contribution is 0.110. The molecular formula is C12H14ClFO. The molecule has 0 saturated heterocycles. The Morgan fingerprint density at radius 1 is 1.53 bits per heavy atom. The molecule has 0 aliphatic heterocycles. The molecule has 2 rings (SSSR count). The van der Waals surface area contributed by atoms with Crippen LogP contribution in [0.5, 0.6) is 0 Å². The van der Waals surface area contributed by atoms with E-state index in [0.29, 0.717) is 0 Å². The molecule has 3 heteroatoms.